The van der Waals surface area contributed by atoms with Crippen molar-refractivity contribution < 1.29 is 18.3 Å². The molecule has 0 saturated heterocycles. The van der Waals surface area contributed by atoms with E-state index in [1.807, 2.05) is 6.07 Å². The smallest absolute Gasteiger partial charge is 0.277 e. The summed E-state index contributed by atoms with van der Waals surface area (Å²) in [7, 11) is 0. The summed E-state index contributed by atoms with van der Waals surface area (Å²) < 4.78 is 24.7. The average molecular weight is 412 g/mol. The molecule has 2 atom stereocenters. The number of ether oxygens (including phenoxy) is 1. The van der Waals surface area contributed by atoms with Gasteiger partial charge in [-0.25, -0.2) is 4.39 Å². The Morgan fingerprint density at radius 3 is 2.79 bits per heavy atom. The highest BCUT2D eigenvalue weighted by atomic mass is 32.2. The number of halogens is 1. The number of hydrogen-bond donors (Lipinski definition) is 1. The summed E-state index contributed by atoms with van der Waals surface area (Å²) in [6, 6.07) is 14.7. The van der Waals surface area contributed by atoms with E-state index in [0.717, 1.165) is 11.8 Å². The molecule has 0 saturated carbocycles. The Morgan fingerprint density at radius 2 is 2.03 bits per heavy atom. The predicted molar refractivity (Wildman–Crippen MR) is 105 cm³/mol. The van der Waals surface area contributed by atoms with Crippen LogP contribution in [0.5, 0.6) is 5.75 Å². The van der Waals surface area contributed by atoms with E-state index in [0.29, 0.717) is 11.3 Å². The quantitative estimate of drug-likeness (QED) is 0.576. The number of rotatable bonds is 7. The van der Waals surface area contributed by atoms with Crippen molar-refractivity contribution in [2.45, 2.75) is 30.4 Å². The van der Waals surface area contributed by atoms with E-state index < -0.39 is 17.2 Å². The van der Waals surface area contributed by atoms with Gasteiger partial charge in [-0.2, -0.15) is 5.26 Å². The maximum atomic E-state index is 13.7. The zero-order valence-corrected chi connectivity index (χ0v) is 16.4. The number of nitrogens with one attached hydrogen (secondary N) is 1. The molecule has 0 radical (unpaired) electrons. The zero-order valence-electron chi connectivity index (χ0n) is 15.6. The molecule has 0 bridgehead atoms. The molecule has 3 aromatic rings. The standard InChI is InChI=1S/C20H17FN4O3S/c1-12(27-17-9-4-3-8-16(17)21)19-24-25-20(28-19)29-13(2)18(26)23-15-7-5-6-14(10-15)11-22/h3-10,12-13H,1-2H3,(H,23,26)/t12-,13-/m1/s1. The lowest BCUT2D eigenvalue weighted by atomic mass is 10.2. The zero-order chi connectivity index (χ0) is 20.8. The van der Waals surface area contributed by atoms with E-state index >= 15 is 0 Å². The number of aromatic nitrogens is 2. The summed E-state index contributed by atoms with van der Waals surface area (Å²) in [6.45, 7) is 3.35. The van der Waals surface area contributed by atoms with Crippen LogP contribution in [0.15, 0.2) is 58.2 Å². The number of carbonyl (C=O) groups excluding carboxylic acids is 1. The monoisotopic (exact) mass is 412 g/mol. The fraction of sp³-hybridized carbons (Fsp3) is 0.200. The summed E-state index contributed by atoms with van der Waals surface area (Å²) in [5.41, 5.74) is 0.980. The molecular formula is C20H17FN4O3S. The Labute approximate surface area is 170 Å². The lowest BCUT2D eigenvalue weighted by Gasteiger charge is -2.11. The van der Waals surface area contributed by atoms with Gasteiger partial charge in [0.25, 0.3) is 11.1 Å². The minimum atomic E-state index is -0.661. The number of carbonyl (C=O) groups is 1. The lowest BCUT2D eigenvalue weighted by Crippen LogP contribution is -2.22. The largest absolute Gasteiger partial charge is 0.478 e. The Morgan fingerprint density at radius 1 is 1.24 bits per heavy atom. The highest BCUT2D eigenvalue weighted by Crippen LogP contribution is 2.27. The van der Waals surface area contributed by atoms with E-state index in [-0.39, 0.29) is 22.8 Å². The van der Waals surface area contributed by atoms with Crippen LogP contribution >= 0.6 is 11.8 Å². The van der Waals surface area contributed by atoms with Crippen LogP contribution in [0.3, 0.4) is 0 Å². The number of thioether (sulfide) groups is 1. The summed E-state index contributed by atoms with van der Waals surface area (Å²) in [6.07, 6.45) is -0.661. The molecular weight excluding hydrogens is 395 g/mol. The average Bonchev–Trinajstić information content (AvgIpc) is 3.18. The third-order valence-electron chi connectivity index (χ3n) is 3.82. The Kier molecular flexibility index (Phi) is 6.46. The number of para-hydroxylation sites is 1. The van der Waals surface area contributed by atoms with E-state index in [1.165, 1.54) is 12.1 Å². The molecule has 0 fully saturated rings. The van der Waals surface area contributed by atoms with E-state index in [4.69, 9.17) is 14.4 Å². The molecule has 0 aliphatic carbocycles. The van der Waals surface area contributed by atoms with E-state index in [1.54, 1.807) is 50.2 Å². The SMILES string of the molecule is C[C@@H](Sc1nnc([C@@H](C)Oc2ccccc2F)o1)C(=O)Nc1cccc(C#N)c1. The van der Waals surface area contributed by atoms with Gasteiger partial charge in [0.15, 0.2) is 17.7 Å². The first kappa shape index (κ1) is 20.4. The molecule has 9 heteroatoms. The minimum absolute atomic E-state index is 0.0831. The van der Waals surface area contributed by atoms with Crippen molar-refractivity contribution in [2.75, 3.05) is 5.32 Å². The summed E-state index contributed by atoms with van der Waals surface area (Å²) >= 11 is 1.08. The van der Waals surface area contributed by atoms with Gasteiger partial charge in [-0.15, -0.1) is 10.2 Å². The van der Waals surface area contributed by atoms with Crippen LogP contribution in [-0.2, 0) is 4.79 Å². The van der Waals surface area contributed by atoms with Gasteiger partial charge in [-0.1, -0.05) is 30.0 Å². The van der Waals surface area contributed by atoms with Crippen LogP contribution in [-0.4, -0.2) is 21.4 Å². The van der Waals surface area contributed by atoms with Crippen molar-refractivity contribution >= 4 is 23.4 Å². The molecule has 1 aromatic heterocycles. The fourth-order valence-electron chi connectivity index (χ4n) is 2.33. The fourth-order valence-corrected chi connectivity index (χ4v) is 3.02. The molecule has 0 aliphatic rings. The lowest BCUT2D eigenvalue weighted by molar-refractivity contribution is -0.115. The van der Waals surface area contributed by atoms with Gasteiger partial charge in [-0.3, -0.25) is 4.79 Å². The Hall–Kier alpha value is -3.38. The third-order valence-corrected chi connectivity index (χ3v) is 4.75. The minimum Gasteiger partial charge on any atom is -0.478 e. The van der Waals surface area contributed by atoms with Gasteiger partial charge in [0, 0.05) is 5.69 Å². The first-order valence-corrected chi connectivity index (χ1v) is 9.56. The number of hydrogen-bond acceptors (Lipinski definition) is 7. The molecule has 1 heterocycles. The number of benzene rings is 2. The molecule has 1 N–H and O–H groups in total. The number of amides is 1. The van der Waals surface area contributed by atoms with Crippen LogP contribution in [0.1, 0.15) is 31.4 Å². The molecule has 0 aliphatic heterocycles. The number of anilines is 1. The predicted octanol–water partition coefficient (Wildman–Crippen LogP) is 4.34. The van der Waals surface area contributed by atoms with Crippen LogP contribution in [0.25, 0.3) is 0 Å². The van der Waals surface area contributed by atoms with Crippen molar-refractivity contribution in [1.29, 1.82) is 5.26 Å². The number of nitriles is 1. The molecule has 3 rings (SSSR count). The van der Waals surface area contributed by atoms with Crippen molar-refractivity contribution in [2.24, 2.45) is 0 Å². The van der Waals surface area contributed by atoms with E-state index in [2.05, 4.69) is 15.5 Å². The van der Waals surface area contributed by atoms with Gasteiger partial charge >= 0.3 is 0 Å². The van der Waals surface area contributed by atoms with Crippen LogP contribution in [0.2, 0.25) is 0 Å². The highest BCUT2D eigenvalue weighted by molar-refractivity contribution is 8.00. The van der Waals surface area contributed by atoms with Crippen LogP contribution < -0.4 is 10.1 Å². The summed E-state index contributed by atoms with van der Waals surface area (Å²) in [5, 5.41) is 19.1. The Balaban J connectivity index is 1.59. The van der Waals surface area contributed by atoms with Gasteiger partial charge in [-0.05, 0) is 44.2 Å². The summed E-state index contributed by atoms with van der Waals surface area (Å²) in [4.78, 5) is 12.4. The first-order valence-electron chi connectivity index (χ1n) is 8.68. The molecule has 7 nitrogen and oxygen atoms in total. The van der Waals surface area contributed by atoms with Crippen LogP contribution in [0, 0.1) is 17.1 Å². The highest BCUT2D eigenvalue weighted by Gasteiger charge is 2.21. The van der Waals surface area contributed by atoms with Gasteiger partial charge in [0.2, 0.25) is 5.91 Å². The Bertz CT molecular complexity index is 1050. The molecule has 2 aromatic carbocycles. The molecule has 0 unspecified atom stereocenters. The van der Waals surface area contributed by atoms with Gasteiger partial charge in [0.05, 0.1) is 16.9 Å². The first-order chi connectivity index (χ1) is 14.0. The van der Waals surface area contributed by atoms with Gasteiger partial charge in [0.1, 0.15) is 0 Å². The van der Waals surface area contributed by atoms with Crippen molar-refractivity contribution in [3.8, 4) is 11.8 Å². The van der Waals surface area contributed by atoms with Crippen molar-refractivity contribution in [3.05, 3.63) is 65.8 Å². The summed E-state index contributed by atoms with van der Waals surface area (Å²) in [5.74, 6) is -0.510. The molecule has 148 valence electrons. The molecule has 29 heavy (non-hydrogen) atoms. The second-order valence-electron chi connectivity index (χ2n) is 6.04. The third kappa shape index (κ3) is 5.33. The molecule has 1 amide bonds. The topological polar surface area (TPSA) is 101 Å². The second-order valence-corrected chi connectivity index (χ2v) is 7.33. The van der Waals surface area contributed by atoms with Gasteiger partial charge < -0.3 is 14.5 Å². The maximum absolute atomic E-state index is 13.7. The molecule has 0 spiro atoms. The van der Waals surface area contributed by atoms with Crippen LogP contribution in [0.4, 0.5) is 10.1 Å². The van der Waals surface area contributed by atoms with E-state index in [9.17, 15) is 9.18 Å². The normalized spacial score (nSPS) is 12.6. The van der Waals surface area contributed by atoms with Crippen molar-refractivity contribution in [3.63, 3.8) is 0 Å². The van der Waals surface area contributed by atoms with Crippen molar-refractivity contribution in [1.82, 2.24) is 10.2 Å². The second kappa shape index (κ2) is 9.21. The number of nitrogens with zero attached hydrogens (tertiary/aromatic N) is 3. The maximum Gasteiger partial charge on any atom is 0.277 e.